The fourth-order valence-electron chi connectivity index (χ4n) is 3.74. The topological polar surface area (TPSA) is 0 Å². The molecular formula is C24H23F6. The Morgan fingerprint density at radius 3 is 1.87 bits per heavy atom. The van der Waals surface area contributed by atoms with Gasteiger partial charge in [0.1, 0.15) is 0 Å². The van der Waals surface area contributed by atoms with Crippen LogP contribution in [0.1, 0.15) is 67.9 Å². The Bertz CT molecular complexity index is 944. The van der Waals surface area contributed by atoms with Gasteiger partial charge in [0.15, 0.2) is 0 Å². The van der Waals surface area contributed by atoms with Crippen LogP contribution in [0, 0.1) is 12.3 Å². The fraction of sp³-hybridized carbons (Fsp3) is 0.375. The lowest BCUT2D eigenvalue weighted by atomic mass is 9.86. The molecule has 3 rings (SSSR count). The van der Waals surface area contributed by atoms with Gasteiger partial charge < -0.3 is 0 Å². The van der Waals surface area contributed by atoms with Crippen molar-refractivity contribution in [1.29, 1.82) is 0 Å². The van der Waals surface area contributed by atoms with Crippen molar-refractivity contribution >= 4 is 6.08 Å². The summed E-state index contributed by atoms with van der Waals surface area (Å²) in [5, 5.41) is 0. The van der Waals surface area contributed by atoms with Crippen molar-refractivity contribution in [3.63, 3.8) is 0 Å². The normalized spacial score (nSPS) is 15.4. The maximum atomic E-state index is 13.4. The number of hydrogen-bond donors (Lipinski definition) is 0. The minimum atomic E-state index is -4.88. The van der Waals surface area contributed by atoms with E-state index >= 15 is 0 Å². The van der Waals surface area contributed by atoms with Gasteiger partial charge in [0.05, 0.1) is 11.1 Å². The molecule has 2 aromatic rings. The van der Waals surface area contributed by atoms with E-state index in [0.717, 1.165) is 35.3 Å². The summed E-state index contributed by atoms with van der Waals surface area (Å²) in [6, 6.07) is 5.51. The molecule has 1 atom stereocenters. The molecule has 1 radical (unpaired) electrons. The van der Waals surface area contributed by atoms with Gasteiger partial charge in [-0.25, -0.2) is 0 Å². The highest BCUT2D eigenvalue weighted by Gasteiger charge is 2.37. The zero-order chi connectivity index (χ0) is 22.4. The molecule has 1 unspecified atom stereocenters. The zero-order valence-electron chi connectivity index (χ0n) is 17.2. The van der Waals surface area contributed by atoms with Crippen molar-refractivity contribution in [2.24, 2.45) is 5.92 Å². The van der Waals surface area contributed by atoms with Gasteiger partial charge in [-0.1, -0.05) is 51.5 Å². The Balaban J connectivity index is 2.33. The van der Waals surface area contributed by atoms with Gasteiger partial charge in [-0.2, -0.15) is 26.3 Å². The highest BCUT2D eigenvalue weighted by molar-refractivity contribution is 5.86. The van der Waals surface area contributed by atoms with Crippen molar-refractivity contribution in [2.45, 2.75) is 52.4 Å². The lowest BCUT2D eigenvalue weighted by molar-refractivity contribution is -0.143. The Morgan fingerprint density at radius 2 is 1.40 bits per heavy atom. The molecule has 2 aromatic carbocycles. The van der Waals surface area contributed by atoms with E-state index in [1.54, 1.807) is 6.07 Å². The molecule has 0 nitrogen and oxygen atoms in total. The first-order valence-corrected chi connectivity index (χ1v) is 9.86. The van der Waals surface area contributed by atoms with Gasteiger partial charge in [-0.15, -0.1) is 0 Å². The summed E-state index contributed by atoms with van der Waals surface area (Å²) in [5.74, 6) is 0.162. The van der Waals surface area contributed by atoms with Gasteiger partial charge in [-0.05, 0) is 64.3 Å². The molecule has 0 bridgehead atoms. The highest BCUT2D eigenvalue weighted by atomic mass is 19.4. The third-order valence-corrected chi connectivity index (χ3v) is 5.62. The molecule has 161 valence electrons. The molecule has 1 aliphatic carbocycles. The zero-order valence-corrected chi connectivity index (χ0v) is 17.2. The van der Waals surface area contributed by atoms with E-state index in [2.05, 4.69) is 0 Å². The van der Waals surface area contributed by atoms with Crippen LogP contribution in [-0.4, -0.2) is 0 Å². The highest BCUT2D eigenvalue weighted by Crippen LogP contribution is 2.45. The van der Waals surface area contributed by atoms with E-state index in [4.69, 9.17) is 0 Å². The molecule has 0 spiro atoms. The number of halogens is 6. The number of rotatable bonds is 4. The van der Waals surface area contributed by atoms with Gasteiger partial charge in [0.2, 0.25) is 0 Å². The van der Waals surface area contributed by atoms with Gasteiger partial charge in [0.25, 0.3) is 0 Å². The first-order chi connectivity index (χ1) is 13.8. The van der Waals surface area contributed by atoms with Crippen molar-refractivity contribution < 1.29 is 26.3 Å². The van der Waals surface area contributed by atoms with Gasteiger partial charge >= 0.3 is 12.4 Å². The largest absolute Gasteiger partial charge is 0.416 e. The van der Waals surface area contributed by atoms with E-state index < -0.39 is 23.5 Å². The summed E-state index contributed by atoms with van der Waals surface area (Å²) >= 11 is 0. The second-order valence-electron chi connectivity index (χ2n) is 8.08. The van der Waals surface area contributed by atoms with Crippen LogP contribution >= 0.6 is 0 Å². The lowest BCUT2D eigenvalue weighted by Crippen LogP contribution is -2.11. The Labute approximate surface area is 172 Å². The average Bonchev–Trinajstić information content (AvgIpc) is 3.08. The molecule has 6 heteroatoms. The number of benzene rings is 2. The first-order valence-electron chi connectivity index (χ1n) is 9.86. The molecule has 1 aliphatic rings. The van der Waals surface area contributed by atoms with Crippen LogP contribution < -0.4 is 0 Å². The molecule has 0 amide bonds. The summed E-state index contributed by atoms with van der Waals surface area (Å²) in [5.41, 5.74) is 1.02. The first kappa shape index (κ1) is 22.4. The summed E-state index contributed by atoms with van der Waals surface area (Å²) in [4.78, 5) is 0. The van der Waals surface area contributed by atoms with E-state index in [1.165, 1.54) is 0 Å². The Morgan fingerprint density at radius 1 is 0.833 bits per heavy atom. The van der Waals surface area contributed by atoms with Crippen LogP contribution in [-0.2, 0) is 12.4 Å². The number of allylic oxidation sites excluding steroid dienone is 1. The molecule has 0 saturated carbocycles. The number of hydrogen-bond acceptors (Lipinski definition) is 0. The molecule has 30 heavy (non-hydrogen) atoms. The fourth-order valence-corrected chi connectivity index (χ4v) is 3.74. The molecule has 0 aliphatic heterocycles. The van der Waals surface area contributed by atoms with Crippen LogP contribution in [0.4, 0.5) is 26.3 Å². The third-order valence-electron chi connectivity index (χ3n) is 5.62. The van der Waals surface area contributed by atoms with E-state index in [0.29, 0.717) is 11.1 Å². The average molecular weight is 425 g/mol. The smallest absolute Gasteiger partial charge is 0.166 e. The van der Waals surface area contributed by atoms with Crippen molar-refractivity contribution in [3.05, 3.63) is 70.1 Å². The van der Waals surface area contributed by atoms with Crippen LogP contribution in [0.2, 0.25) is 0 Å². The summed E-state index contributed by atoms with van der Waals surface area (Å²) < 4.78 is 80.5. The van der Waals surface area contributed by atoms with Crippen molar-refractivity contribution in [3.8, 4) is 11.1 Å². The predicted octanol–water partition coefficient (Wildman–Crippen LogP) is 8.51. The summed E-state index contributed by atoms with van der Waals surface area (Å²) in [6.07, 6.45) is -5.01. The summed E-state index contributed by atoms with van der Waals surface area (Å²) in [6.45, 7) is 7.83. The van der Waals surface area contributed by atoms with Crippen LogP contribution in [0.3, 0.4) is 0 Å². The monoisotopic (exact) mass is 425 g/mol. The molecule has 0 saturated heterocycles. The van der Waals surface area contributed by atoms with E-state index in [9.17, 15) is 26.3 Å². The number of alkyl halides is 6. The minimum Gasteiger partial charge on any atom is -0.166 e. The SMILES string of the molecule is CCC(C)C1=Cc2c(ccc(C(C)C)c2-c2cc(C(F)(F)F)cc(C(F)(F)F)c2)[CH]1. The third kappa shape index (κ3) is 4.28. The number of fused-ring (bicyclic) bond motifs is 1. The maximum absolute atomic E-state index is 13.4. The quantitative estimate of drug-likeness (QED) is 0.431. The minimum absolute atomic E-state index is 0.0623. The molecular weight excluding hydrogens is 402 g/mol. The Kier molecular flexibility index (Phi) is 5.82. The van der Waals surface area contributed by atoms with Crippen molar-refractivity contribution in [2.75, 3.05) is 0 Å². The molecule has 0 aromatic heterocycles. The van der Waals surface area contributed by atoms with E-state index in [-0.39, 0.29) is 23.5 Å². The maximum Gasteiger partial charge on any atom is 0.416 e. The second-order valence-corrected chi connectivity index (χ2v) is 8.08. The Hall–Kier alpha value is -2.24. The van der Waals surface area contributed by atoms with Gasteiger partial charge in [0, 0.05) is 6.42 Å². The summed E-state index contributed by atoms with van der Waals surface area (Å²) in [7, 11) is 0. The molecule has 0 N–H and O–H groups in total. The van der Waals surface area contributed by atoms with Crippen LogP contribution in [0.25, 0.3) is 17.2 Å². The lowest BCUT2D eigenvalue weighted by Gasteiger charge is -2.20. The van der Waals surface area contributed by atoms with Crippen LogP contribution in [0.5, 0.6) is 0 Å². The van der Waals surface area contributed by atoms with Gasteiger partial charge in [-0.3, -0.25) is 0 Å². The van der Waals surface area contributed by atoms with E-state index in [1.807, 2.05) is 46.3 Å². The standard InChI is InChI=1S/C24H23F6/c1-5-14(4)16-8-15-6-7-20(13(2)3)22(21(15)11-16)17-9-18(23(25,26)27)12-19(10-17)24(28,29)30/h6-14H,5H2,1-4H3. The second kappa shape index (κ2) is 7.78. The predicted molar refractivity (Wildman–Crippen MR) is 107 cm³/mol. The molecule has 0 fully saturated rings. The van der Waals surface area contributed by atoms with Crippen molar-refractivity contribution in [1.82, 2.24) is 0 Å². The van der Waals surface area contributed by atoms with Crippen LogP contribution in [0.15, 0.2) is 35.9 Å². The molecule has 0 heterocycles.